The summed E-state index contributed by atoms with van der Waals surface area (Å²) in [7, 11) is 1.50. The van der Waals surface area contributed by atoms with Crippen LogP contribution in [0.4, 0.5) is 0 Å². The van der Waals surface area contributed by atoms with Crippen LogP contribution in [0.1, 0.15) is 23.7 Å². The molecule has 5 atom stereocenters. The summed E-state index contributed by atoms with van der Waals surface area (Å²) in [6.45, 7) is 0. The van der Waals surface area contributed by atoms with Crippen LogP contribution in [-0.4, -0.2) is 74.5 Å². The van der Waals surface area contributed by atoms with E-state index in [9.17, 15) is 19.5 Å². The Hall–Kier alpha value is -2.01. The van der Waals surface area contributed by atoms with Crippen molar-refractivity contribution in [3.63, 3.8) is 0 Å². The summed E-state index contributed by atoms with van der Waals surface area (Å²) in [6, 6.07) is 7.27. The molecule has 1 aromatic rings. The fourth-order valence-electron chi connectivity index (χ4n) is 5.09. The van der Waals surface area contributed by atoms with Gasteiger partial charge >= 0.3 is 5.91 Å². The van der Waals surface area contributed by atoms with Crippen molar-refractivity contribution >= 4 is 41.1 Å². The monoisotopic (exact) mass is 462 g/mol. The lowest BCUT2D eigenvalue weighted by atomic mass is 9.80. The first-order chi connectivity index (χ1) is 14.8. The largest absolute Gasteiger partial charge is 0.456 e. The lowest BCUT2D eigenvalue weighted by Crippen LogP contribution is -2.77. The van der Waals surface area contributed by atoms with Gasteiger partial charge in [-0.3, -0.25) is 24.1 Å². The minimum Gasteiger partial charge on any atom is -0.456 e. The van der Waals surface area contributed by atoms with Gasteiger partial charge in [0.25, 0.3) is 11.6 Å². The molecule has 1 N–H and O–H groups in total. The van der Waals surface area contributed by atoms with Gasteiger partial charge in [-0.2, -0.15) is 16.8 Å². The van der Waals surface area contributed by atoms with Gasteiger partial charge < -0.3 is 9.84 Å². The molecule has 0 aromatic heterocycles. The number of benzene rings is 1. The van der Waals surface area contributed by atoms with Crippen molar-refractivity contribution in [3.05, 3.63) is 42.0 Å². The van der Waals surface area contributed by atoms with E-state index in [2.05, 4.69) is 0 Å². The van der Waals surface area contributed by atoms with E-state index in [1.165, 1.54) is 29.8 Å². The van der Waals surface area contributed by atoms with Gasteiger partial charge in [0.1, 0.15) is 17.1 Å². The Morgan fingerprint density at radius 3 is 2.58 bits per heavy atom. The fourth-order valence-corrected chi connectivity index (χ4v) is 7.18. The van der Waals surface area contributed by atoms with E-state index in [4.69, 9.17) is 9.57 Å². The number of amides is 2. The van der Waals surface area contributed by atoms with E-state index in [1.807, 2.05) is 18.4 Å². The van der Waals surface area contributed by atoms with Crippen molar-refractivity contribution in [3.8, 4) is 5.75 Å². The number of nitrogens with zero attached hydrogens (tertiary/aromatic N) is 2. The number of para-hydroxylation sites is 1. The van der Waals surface area contributed by atoms with E-state index in [0.717, 1.165) is 22.4 Å². The van der Waals surface area contributed by atoms with Crippen molar-refractivity contribution < 1.29 is 29.1 Å². The molecule has 3 heterocycles. The van der Waals surface area contributed by atoms with Crippen LogP contribution in [0.2, 0.25) is 0 Å². The van der Waals surface area contributed by atoms with Crippen LogP contribution in [0.3, 0.4) is 0 Å². The Morgan fingerprint density at radius 2 is 1.90 bits per heavy atom. The number of carbonyl (C=O) groups is 3. The lowest BCUT2D eigenvalue weighted by Gasteiger charge is -2.51. The third-order valence-corrected chi connectivity index (χ3v) is 8.94. The molecule has 164 valence electrons. The number of ether oxygens (including phenoxy) is 1. The highest BCUT2D eigenvalue weighted by molar-refractivity contribution is 8.00. The van der Waals surface area contributed by atoms with Gasteiger partial charge in [0.15, 0.2) is 11.4 Å². The average Bonchev–Trinajstić information content (AvgIpc) is 3.25. The van der Waals surface area contributed by atoms with Crippen LogP contribution < -0.4 is 4.74 Å². The number of allylic oxidation sites excluding steroid dienone is 1. The maximum Gasteiger partial charge on any atom is 0.315 e. The SMILES string of the molecule is CSC1c2ccccc2OC12C(=O)N1OC3(CCC=CC3=O)C(O)C1(SC)C(=O)N2C. The molecule has 5 rings (SSSR count). The first kappa shape index (κ1) is 20.9. The Kier molecular flexibility index (Phi) is 4.54. The predicted molar refractivity (Wildman–Crippen MR) is 115 cm³/mol. The number of carbonyl (C=O) groups excluding carboxylic acids is 3. The molecule has 31 heavy (non-hydrogen) atoms. The van der Waals surface area contributed by atoms with Gasteiger partial charge in [-0.15, -0.1) is 11.8 Å². The summed E-state index contributed by atoms with van der Waals surface area (Å²) in [4.78, 5) is 46.3. The number of fused-ring (bicyclic) bond motifs is 2. The third-order valence-electron chi connectivity index (χ3n) is 6.71. The normalized spacial score (nSPS) is 38.8. The summed E-state index contributed by atoms with van der Waals surface area (Å²) in [5.74, 6) is -1.10. The Bertz CT molecular complexity index is 1030. The smallest absolute Gasteiger partial charge is 0.315 e. The number of likely N-dealkylation sites (N-methyl/N-ethyl adjacent to an activating group) is 1. The van der Waals surface area contributed by atoms with Crippen LogP contribution in [0.5, 0.6) is 5.75 Å². The van der Waals surface area contributed by atoms with Crippen LogP contribution in [-0.2, 0) is 19.2 Å². The molecule has 2 amide bonds. The number of thioether (sulfide) groups is 2. The van der Waals surface area contributed by atoms with Gasteiger partial charge in [0, 0.05) is 12.6 Å². The van der Waals surface area contributed by atoms with Gasteiger partial charge in [-0.05, 0) is 37.5 Å². The Morgan fingerprint density at radius 1 is 1.16 bits per heavy atom. The first-order valence-corrected chi connectivity index (χ1v) is 12.4. The Balaban J connectivity index is 1.68. The van der Waals surface area contributed by atoms with Gasteiger partial charge in [-0.25, -0.2) is 0 Å². The lowest BCUT2D eigenvalue weighted by molar-refractivity contribution is -0.245. The topological polar surface area (TPSA) is 96.4 Å². The molecular weight excluding hydrogens is 440 g/mol. The molecule has 3 aliphatic heterocycles. The van der Waals surface area contributed by atoms with Crippen LogP contribution >= 0.6 is 23.5 Å². The highest BCUT2D eigenvalue weighted by Gasteiger charge is 2.79. The van der Waals surface area contributed by atoms with E-state index in [1.54, 1.807) is 24.5 Å². The number of hydrogen-bond acceptors (Lipinski definition) is 8. The highest BCUT2D eigenvalue weighted by Crippen LogP contribution is 2.59. The molecular formula is C21H22N2O6S2. The van der Waals surface area contributed by atoms with E-state index in [-0.39, 0.29) is 6.42 Å². The number of aliphatic hydroxyl groups excluding tert-OH is 1. The third kappa shape index (κ3) is 2.23. The quantitative estimate of drug-likeness (QED) is 0.707. The average molecular weight is 463 g/mol. The molecule has 0 saturated carbocycles. The zero-order valence-corrected chi connectivity index (χ0v) is 18.9. The second-order valence-electron chi connectivity index (χ2n) is 8.00. The van der Waals surface area contributed by atoms with Crippen LogP contribution in [0.25, 0.3) is 0 Å². The molecule has 10 heteroatoms. The van der Waals surface area contributed by atoms with Gasteiger partial charge in [0.05, 0.1) is 0 Å². The number of aliphatic hydroxyl groups is 1. The molecule has 1 aliphatic carbocycles. The molecule has 0 radical (unpaired) electrons. The Labute approximate surface area is 187 Å². The first-order valence-electron chi connectivity index (χ1n) is 9.88. The number of piperazine rings is 1. The predicted octanol–water partition coefficient (Wildman–Crippen LogP) is 1.50. The summed E-state index contributed by atoms with van der Waals surface area (Å²) in [5.41, 5.74) is -2.57. The summed E-state index contributed by atoms with van der Waals surface area (Å²) in [6.07, 6.45) is 5.64. The van der Waals surface area contributed by atoms with Crippen molar-refractivity contribution in [1.29, 1.82) is 0 Å². The van der Waals surface area contributed by atoms with Crippen LogP contribution in [0, 0.1) is 0 Å². The molecule has 1 aromatic carbocycles. The van der Waals surface area contributed by atoms with Crippen molar-refractivity contribution in [2.45, 2.75) is 40.4 Å². The molecule has 2 saturated heterocycles. The molecule has 4 aliphatic rings. The second kappa shape index (κ2) is 6.74. The fraction of sp³-hybridized carbons (Fsp3) is 0.476. The van der Waals surface area contributed by atoms with E-state index >= 15 is 0 Å². The number of hydroxylamine groups is 2. The summed E-state index contributed by atoms with van der Waals surface area (Å²) >= 11 is 2.38. The summed E-state index contributed by atoms with van der Waals surface area (Å²) < 4.78 is 6.19. The standard InChI is InChI=1S/C21H22N2O6S2/c1-22-18(27)21(31-3)16(25)19(11-7-6-10-14(19)24)29-23(21)17(26)20(22)15(30-2)12-8-4-5-9-13(12)28-20/h4-6,8-10,15-16,25H,7,11H2,1-3H3. The zero-order chi connectivity index (χ0) is 22.2. The van der Waals surface area contributed by atoms with Crippen molar-refractivity contribution in [2.24, 2.45) is 0 Å². The van der Waals surface area contributed by atoms with Crippen LogP contribution in [0.15, 0.2) is 36.4 Å². The van der Waals surface area contributed by atoms with Gasteiger partial charge in [-0.1, -0.05) is 24.3 Å². The molecule has 2 spiro atoms. The summed E-state index contributed by atoms with van der Waals surface area (Å²) in [5, 5.41) is 11.8. The molecule has 8 nitrogen and oxygen atoms in total. The number of hydrogen-bond donors (Lipinski definition) is 1. The number of ketones is 1. The van der Waals surface area contributed by atoms with E-state index in [0.29, 0.717) is 12.2 Å². The highest BCUT2D eigenvalue weighted by atomic mass is 32.2. The maximum absolute atomic E-state index is 14.1. The molecule has 5 unspecified atom stereocenters. The molecule has 0 bridgehead atoms. The second-order valence-corrected chi connectivity index (χ2v) is 9.98. The van der Waals surface area contributed by atoms with E-state index < -0.39 is 45.1 Å². The molecule has 2 fully saturated rings. The van der Waals surface area contributed by atoms with Crippen molar-refractivity contribution in [1.82, 2.24) is 9.96 Å². The maximum atomic E-state index is 14.1. The van der Waals surface area contributed by atoms with Crippen molar-refractivity contribution in [2.75, 3.05) is 19.6 Å². The minimum absolute atomic E-state index is 0.173. The van der Waals surface area contributed by atoms with Gasteiger partial charge in [0.2, 0.25) is 4.87 Å². The zero-order valence-electron chi connectivity index (χ0n) is 17.2. The number of rotatable bonds is 2. The minimum atomic E-state index is -1.78.